The van der Waals surface area contributed by atoms with E-state index < -0.39 is 0 Å². The molecule has 0 aliphatic heterocycles. The van der Waals surface area contributed by atoms with Crippen LogP contribution in [0.3, 0.4) is 0 Å². The van der Waals surface area contributed by atoms with Gasteiger partial charge in [-0.05, 0) is 44.7 Å². The first-order valence-corrected chi connectivity index (χ1v) is 7.14. The van der Waals surface area contributed by atoms with E-state index in [-0.39, 0.29) is 5.38 Å². The highest BCUT2D eigenvalue weighted by molar-refractivity contribution is 9.10. The van der Waals surface area contributed by atoms with Gasteiger partial charge in [0.2, 0.25) is 0 Å². The van der Waals surface area contributed by atoms with E-state index in [1.54, 1.807) is 11.3 Å². The van der Waals surface area contributed by atoms with Crippen molar-refractivity contribution in [3.8, 4) is 0 Å². The molecule has 0 aliphatic carbocycles. The van der Waals surface area contributed by atoms with E-state index >= 15 is 0 Å². The minimum absolute atomic E-state index is 0.151. The smallest absolute Gasteiger partial charge is 0.0599 e. The Kier molecular flexibility index (Phi) is 3.70. The number of rotatable bonds is 3. The maximum Gasteiger partial charge on any atom is 0.0599 e. The molecule has 0 fully saturated rings. The Bertz CT molecular complexity index is 464. The summed E-state index contributed by atoms with van der Waals surface area (Å²) in [7, 11) is 0. The molecule has 0 saturated heterocycles. The monoisotopic (exact) mass is 302 g/mol. The Morgan fingerprint density at radius 1 is 1.47 bits per heavy atom. The van der Waals surface area contributed by atoms with Gasteiger partial charge >= 0.3 is 0 Å². The third-order valence-corrected chi connectivity index (χ3v) is 4.89. The summed E-state index contributed by atoms with van der Waals surface area (Å²) < 4.78 is 2.46. The van der Waals surface area contributed by atoms with E-state index in [1.165, 1.54) is 15.6 Å². The predicted molar refractivity (Wildman–Crippen MR) is 73.0 cm³/mol. The molecule has 1 aromatic carbocycles. The summed E-state index contributed by atoms with van der Waals surface area (Å²) in [5.41, 5.74) is 1.28. The van der Waals surface area contributed by atoms with Crippen molar-refractivity contribution in [3.63, 3.8) is 0 Å². The van der Waals surface area contributed by atoms with Gasteiger partial charge in [0.1, 0.15) is 0 Å². The summed E-state index contributed by atoms with van der Waals surface area (Å²) in [4.78, 5) is 0. The van der Waals surface area contributed by atoms with Gasteiger partial charge in [-0.15, -0.1) is 22.9 Å². The van der Waals surface area contributed by atoms with Crippen molar-refractivity contribution >= 4 is 49.0 Å². The summed E-state index contributed by atoms with van der Waals surface area (Å²) >= 11 is 11.7. The first-order chi connectivity index (χ1) is 7.24. The molecule has 1 unspecified atom stereocenters. The van der Waals surface area contributed by atoms with E-state index in [1.807, 2.05) is 0 Å². The summed E-state index contributed by atoms with van der Waals surface area (Å²) in [5, 5.41) is 3.63. The van der Waals surface area contributed by atoms with Crippen molar-refractivity contribution in [3.05, 3.63) is 33.6 Å². The molecular formula is C12H12BrClS. The second kappa shape index (κ2) is 4.86. The lowest BCUT2D eigenvalue weighted by Crippen LogP contribution is -1.87. The molecule has 0 N–H and O–H groups in total. The lowest BCUT2D eigenvalue weighted by molar-refractivity contribution is 0.776. The molecular weight excluding hydrogens is 292 g/mol. The zero-order chi connectivity index (χ0) is 10.8. The average Bonchev–Trinajstić information content (AvgIpc) is 2.63. The summed E-state index contributed by atoms with van der Waals surface area (Å²) in [6.07, 6.45) is 2.17. The fraction of sp³-hybridized carbons (Fsp3) is 0.333. The zero-order valence-electron chi connectivity index (χ0n) is 8.47. The van der Waals surface area contributed by atoms with Crippen LogP contribution in [-0.2, 0) is 0 Å². The number of alkyl halides is 1. The van der Waals surface area contributed by atoms with Crippen LogP contribution in [0.5, 0.6) is 0 Å². The van der Waals surface area contributed by atoms with Gasteiger partial charge in [0, 0.05) is 9.17 Å². The fourth-order valence-corrected chi connectivity index (χ4v) is 3.84. The molecule has 80 valence electrons. The Labute approximate surface area is 107 Å². The summed E-state index contributed by atoms with van der Waals surface area (Å²) in [5.74, 6) is 0. The second-order valence-electron chi connectivity index (χ2n) is 3.56. The van der Waals surface area contributed by atoms with Gasteiger partial charge in [0.25, 0.3) is 0 Å². The van der Waals surface area contributed by atoms with E-state index in [0.717, 1.165) is 17.3 Å². The minimum atomic E-state index is 0.151. The van der Waals surface area contributed by atoms with Crippen LogP contribution < -0.4 is 0 Å². The fourth-order valence-electron chi connectivity index (χ4n) is 1.69. The van der Waals surface area contributed by atoms with Gasteiger partial charge in [-0.3, -0.25) is 0 Å². The van der Waals surface area contributed by atoms with Gasteiger partial charge in [-0.2, -0.15) is 0 Å². The second-order valence-corrected chi connectivity index (χ2v) is 5.82. The number of hydrogen-bond acceptors (Lipinski definition) is 1. The van der Waals surface area contributed by atoms with Crippen molar-refractivity contribution in [2.45, 2.75) is 25.1 Å². The van der Waals surface area contributed by atoms with Gasteiger partial charge in [0.05, 0.1) is 5.38 Å². The van der Waals surface area contributed by atoms with Crippen molar-refractivity contribution < 1.29 is 0 Å². The van der Waals surface area contributed by atoms with Crippen molar-refractivity contribution in [2.24, 2.45) is 0 Å². The van der Waals surface area contributed by atoms with E-state index in [4.69, 9.17) is 11.6 Å². The quantitative estimate of drug-likeness (QED) is 0.634. The molecule has 1 atom stereocenters. The molecule has 0 nitrogen and oxygen atoms in total. The Morgan fingerprint density at radius 2 is 2.27 bits per heavy atom. The molecule has 2 aromatic rings. The molecule has 0 radical (unpaired) electrons. The first-order valence-electron chi connectivity index (χ1n) is 5.03. The first kappa shape index (κ1) is 11.4. The van der Waals surface area contributed by atoms with Gasteiger partial charge < -0.3 is 0 Å². The van der Waals surface area contributed by atoms with Crippen LogP contribution in [0.4, 0.5) is 0 Å². The molecule has 0 amide bonds. The number of fused-ring (bicyclic) bond motifs is 1. The van der Waals surface area contributed by atoms with Crippen LogP contribution in [0.1, 0.15) is 30.7 Å². The van der Waals surface area contributed by atoms with Crippen LogP contribution in [0.15, 0.2) is 28.1 Å². The number of hydrogen-bond donors (Lipinski definition) is 0. The molecule has 0 spiro atoms. The Hall–Kier alpha value is -0.0500. The van der Waals surface area contributed by atoms with E-state index in [9.17, 15) is 0 Å². The molecule has 2 rings (SSSR count). The van der Waals surface area contributed by atoms with Crippen LogP contribution in [0.25, 0.3) is 10.1 Å². The van der Waals surface area contributed by atoms with Crippen LogP contribution >= 0.6 is 38.9 Å². The molecule has 0 saturated carbocycles. The normalized spacial score (nSPS) is 13.3. The van der Waals surface area contributed by atoms with Gasteiger partial charge in [-0.25, -0.2) is 0 Å². The number of halogens is 2. The maximum atomic E-state index is 6.37. The van der Waals surface area contributed by atoms with Crippen molar-refractivity contribution in [1.82, 2.24) is 0 Å². The average molecular weight is 304 g/mol. The minimum Gasteiger partial charge on any atom is -0.142 e. The summed E-state index contributed by atoms with van der Waals surface area (Å²) in [6.45, 7) is 2.17. The highest BCUT2D eigenvalue weighted by atomic mass is 79.9. The lowest BCUT2D eigenvalue weighted by Gasteiger charge is -2.06. The molecule has 0 aliphatic rings. The highest BCUT2D eigenvalue weighted by Gasteiger charge is 2.13. The van der Waals surface area contributed by atoms with Gasteiger partial charge in [0.15, 0.2) is 0 Å². The maximum absolute atomic E-state index is 6.37. The van der Waals surface area contributed by atoms with Crippen LogP contribution in [0.2, 0.25) is 0 Å². The zero-order valence-corrected chi connectivity index (χ0v) is 11.6. The lowest BCUT2D eigenvalue weighted by atomic mass is 10.1. The predicted octanol–water partition coefficient (Wildman–Crippen LogP) is 5.74. The molecule has 1 aromatic heterocycles. The SMILES string of the molecule is CCCC(Cl)c1csc2c(Br)cccc12. The van der Waals surface area contributed by atoms with E-state index in [0.29, 0.717) is 0 Å². The van der Waals surface area contributed by atoms with Crippen LogP contribution in [-0.4, -0.2) is 0 Å². The Balaban J connectivity index is 2.49. The molecule has 15 heavy (non-hydrogen) atoms. The number of benzene rings is 1. The molecule has 0 bridgehead atoms. The third kappa shape index (κ3) is 2.22. The molecule has 1 heterocycles. The van der Waals surface area contributed by atoms with Crippen molar-refractivity contribution in [2.75, 3.05) is 0 Å². The van der Waals surface area contributed by atoms with E-state index in [2.05, 4.69) is 46.4 Å². The Morgan fingerprint density at radius 3 is 3.00 bits per heavy atom. The summed E-state index contributed by atoms with van der Waals surface area (Å²) in [6, 6.07) is 6.29. The standard InChI is InChI=1S/C12H12BrClS/c1-2-4-11(14)9-7-15-12-8(9)5-3-6-10(12)13/h3,5-7,11H,2,4H2,1H3. The highest BCUT2D eigenvalue weighted by Crippen LogP contribution is 2.38. The van der Waals surface area contributed by atoms with Crippen molar-refractivity contribution in [1.29, 1.82) is 0 Å². The number of thiophene rings is 1. The molecule has 3 heteroatoms. The topological polar surface area (TPSA) is 0 Å². The van der Waals surface area contributed by atoms with Gasteiger partial charge in [-0.1, -0.05) is 25.5 Å². The third-order valence-electron chi connectivity index (χ3n) is 2.46. The largest absolute Gasteiger partial charge is 0.142 e. The van der Waals surface area contributed by atoms with Crippen LogP contribution in [0, 0.1) is 0 Å².